The Hall–Kier alpha value is -2.25. The summed E-state index contributed by atoms with van der Waals surface area (Å²) in [6, 6.07) is 5.90. The molecule has 2 aromatic rings. The largest absolute Gasteiger partial charge is 0.360 e. The van der Waals surface area contributed by atoms with Gasteiger partial charge in [0, 0.05) is 24.6 Å². The van der Waals surface area contributed by atoms with Crippen LogP contribution < -0.4 is 0 Å². The Balaban J connectivity index is 1.50. The van der Waals surface area contributed by atoms with Gasteiger partial charge in [-0.05, 0) is 44.0 Å². The van der Waals surface area contributed by atoms with Crippen LogP contribution in [0.15, 0.2) is 28.8 Å². The second-order valence-corrected chi connectivity index (χ2v) is 6.71. The maximum atomic E-state index is 13.2. The van der Waals surface area contributed by atoms with Gasteiger partial charge in [0.25, 0.3) is 5.91 Å². The summed E-state index contributed by atoms with van der Waals surface area (Å²) in [4.78, 5) is 14.9. The molecule has 3 heterocycles. The third-order valence-electron chi connectivity index (χ3n) is 5.05. The van der Waals surface area contributed by atoms with E-state index in [2.05, 4.69) is 5.16 Å². The molecule has 0 N–H and O–H groups in total. The van der Waals surface area contributed by atoms with Gasteiger partial charge in [0.1, 0.15) is 22.8 Å². The Labute approximate surface area is 150 Å². The van der Waals surface area contributed by atoms with E-state index in [0.717, 1.165) is 12.8 Å². The van der Waals surface area contributed by atoms with Gasteiger partial charge in [-0.1, -0.05) is 5.16 Å². The van der Waals surface area contributed by atoms with Crippen LogP contribution >= 0.6 is 0 Å². The number of likely N-dealkylation sites (tertiary alicyclic amines) is 1. The fourth-order valence-electron chi connectivity index (χ4n) is 3.61. The average molecular weight is 360 g/mol. The van der Waals surface area contributed by atoms with Gasteiger partial charge in [-0.25, -0.2) is 4.39 Å². The van der Waals surface area contributed by atoms with Crippen molar-refractivity contribution in [2.24, 2.45) is 5.92 Å². The predicted molar refractivity (Wildman–Crippen MR) is 91.0 cm³/mol. The molecule has 26 heavy (non-hydrogen) atoms. The van der Waals surface area contributed by atoms with Crippen LogP contribution in [0.1, 0.15) is 29.0 Å². The zero-order valence-electron chi connectivity index (χ0n) is 14.6. The zero-order valence-corrected chi connectivity index (χ0v) is 14.6. The summed E-state index contributed by atoms with van der Waals surface area (Å²) in [5, 5.41) is 4.02. The first-order valence-corrected chi connectivity index (χ1v) is 8.88. The van der Waals surface area contributed by atoms with Crippen LogP contribution in [-0.2, 0) is 9.47 Å². The van der Waals surface area contributed by atoms with Crippen molar-refractivity contribution >= 4 is 5.91 Å². The normalized spacial score (nSPS) is 19.2. The lowest BCUT2D eigenvalue weighted by molar-refractivity contribution is -0.0956. The van der Waals surface area contributed by atoms with Crippen molar-refractivity contribution in [3.8, 4) is 11.3 Å². The van der Waals surface area contributed by atoms with Crippen LogP contribution in [0.3, 0.4) is 0 Å². The molecule has 6 nitrogen and oxygen atoms in total. The Kier molecular flexibility index (Phi) is 4.74. The fraction of sp³-hybridized carbons (Fsp3) is 0.474. The van der Waals surface area contributed by atoms with Gasteiger partial charge in [0.15, 0.2) is 6.29 Å². The molecule has 7 heteroatoms. The molecule has 2 fully saturated rings. The van der Waals surface area contributed by atoms with Gasteiger partial charge in [-0.3, -0.25) is 4.79 Å². The number of carbonyl (C=O) groups is 1. The van der Waals surface area contributed by atoms with Crippen molar-refractivity contribution in [1.82, 2.24) is 10.1 Å². The minimum atomic E-state index is -0.333. The number of benzene rings is 1. The maximum Gasteiger partial charge on any atom is 0.259 e. The highest BCUT2D eigenvalue weighted by molar-refractivity contribution is 6.00. The monoisotopic (exact) mass is 360 g/mol. The highest BCUT2D eigenvalue weighted by Gasteiger charge is 2.34. The van der Waals surface area contributed by atoms with Crippen molar-refractivity contribution in [2.45, 2.75) is 26.1 Å². The van der Waals surface area contributed by atoms with E-state index in [0.29, 0.717) is 54.8 Å². The highest BCUT2D eigenvalue weighted by Crippen LogP contribution is 2.30. The number of aryl methyl sites for hydroxylation is 1. The number of halogens is 1. The topological polar surface area (TPSA) is 64.8 Å². The first-order valence-electron chi connectivity index (χ1n) is 8.88. The number of hydrogen-bond donors (Lipinski definition) is 0. The summed E-state index contributed by atoms with van der Waals surface area (Å²) in [6.07, 6.45) is 1.54. The van der Waals surface area contributed by atoms with Crippen molar-refractivity contribution in [1.29, 1.82) is 0 Å². The van der Waals surface area contributed by atoms with Gasteiger partial charge in [0.05, 0.1) is 13.2 Å². The van der Waals surface area contributed by atoms with E-state index in [1.807, 2.05) is 4.90 Å². The molecule has 0 unspecified atom stereocenters. The van der Waals surface area contributed by atoms with Crippen LogP contribution in [0.5, 0.6) is 0 Å². The lowest BCUT2D eigenvalue weighted by Crippen LogP contribution is -2.41. The number of rotatable bonds is 3. The summed E-state index contributed by atoms with van der Waals surface area (Å²) in [6.45, 7) is 4.29. The minimum Gasteiger partial charge on any atom is -0.360 e. The molecule has 138 valence electrons. The van der Waals surface area contributed by atoms with E-state index in [1.54, 1.807) is 19.1 Å². The molecular weight excluding hydrogens is 339 g/mol. The number of amides is 1. The van der Waals surface area contributed by atoms with Gasteiger partial charge in [-0.2, -0.15) is 0 Å². The summed E-state index contributed by atoms with van der Waals surface area (Å²) in [5.74, 6) is 0.357. The quantitative estimate of drug-likeness (QED) is 0.842. The molecule has 2 aliphatic heterocycles. The van der Waals surface area contributed by atoms with E-state index in [-0.39, 0.29) is 18.0 Å². The number of aromatic nitrogens is 1. The van der Waals surface area contributed by atoms with E-state index in [1.165, 1.54) is 12.1 Å². The minimum absolute atomic E-state index is 0.102. The summed E-state index contributed by atoms with van der Waals surface area (Å²) in [5.41, 5.74) is 1.56. The Morgan fingerprint density at radius 3 is 2.46 bits per heavy atom. The highest BCUT2D eigenvalue weighted by atomic mass is 19.1. The van der Waals surface area contributed by atoms with E-state index in [4.69, 9.17) is 14.0 Å². The molecule has 2 aliphatic rings. The van der Waals surface area contributed by atoms with Crippen LogP contribution in [0.2, 0.25) is 0 Å². The first kappa shape index (κ1) is 17.2. The number of piperidine rings is 1. The van der Waals surface area contributed by atoms with Gasteiger partial charge in [-0.15, -0.1) is 0 Å². The number of hydrogen-bond acceptors (Lipinski definition) is 5. The number of ether oxygens (including phenoxy) is 2. The molecule has 0 saturated carbocycles. The van der Waals surface area contributed by atoms with Crippen LogP contribution in [-0.4, -0.2) is 48.6 Å². The van der Waals surface area contributed by atoms with Crippen molar-refractivity contribution in [3.63, 3.8) is 0 Å². The summed E-state index contributed by atoms with van der Waals surface area (Å²) >= 11 is 0. The molecule has 1 amide bonds. The van der Waals surface area contributed by atoms with Crippen LogP contribution in [0.4, 0.5) is 4.39 Å². The molecule has 2 saturated heterocycles. The molecule has 0 atom stereocenters. The number of carbonyl (C=O) groups excluding carboxylic acids is 1. The predicted octanol–water partition coefficient (Wildman–Crippen LogP) is 3.01. The number of nitrogens with zero attached hydrogens (tertiary/aromatic N) is 2. The van der Waals surface area contributed by atoms with Crippen molar-refractivity contribution in [2.75, 3.05) is 26.3 Å². The van der Waals surface area contributed by atoms with Gasteiger partial charge >= 0.3 is 0 Å². The van der Waals surface area contributed by atoms with E-state index >= 15 is 0 Å². The molecule has 0 spiro atoms. The van der Waals surface area contributed by atoms with E-state index < -0.39 is 0 Å². The SMILES string of the molecule is Cc1onc(-c2ccc(F)cc2)c1C(=O)N1CCC(C2OCCO2)CC1. The molecule has 0 aliphatic carbocycles. The third kappa shape index (κ3) is 3.24. The standard InChI is InChI=1S/C19H21FN2O4/c1-12-16(17(21-26-12)13-2-4-15(20)5-3-13)18(23)22-8-6-14(7-9-22)19-24-10-11-25-19/h2-5,14,19H,6-11H2,1H3. The second-order valence-electron chi connectivity index (χ2n) is 6.71. The zero-order chi connectivity index (χ0) is 18.1. The Bertz CT molecular complexity index is 775. The van der Waals surface area contributed by atoms with Crippen LogP contribution in [0, 0.1) is 18.7 Å². The second kappa shape index (κ2) is 7.17. The summed E-state index contributed by atoms with van der Waals surface area (Å²) in [7, 11) is 0. The van der Waals surface area contributed by atoms with Crippen molar-refractivity contribution in [3.05, 3.63) is 41.4 Å². The smallest absolute Gasteiger partial charge is 0.259 e. The lowest BCUT2D eigenvalue weighted by Gasteiger charge is -2.33. The van der Waals surface area contributed by atoms with Gasteiger partial charge in [0.2, 0.25) is 0 Å². The Morgan fingerprint density at radius 2 is 1.81 bits per heavy atom. The lowest BCUT2D eigenvalue weighted by atomic mass is 9.95. The van der Waals surface area contributed by atoms with Crippen molar-refractivity contribution < 1.29 is 23.2 Å². The fourth-order valence-corrected chi connectivity index (χ4v) is 3.61. The molecule has 1 aromatic carbocycles. The van der Waals surface area contributed by atoms with E-state index in [9.17, 15) is 9.18 Å². The molecule has 4 rings (SSSR count). The molecule has 1 aromatic heterocycles. The molecule has 0 radical (unpaired) electrons. The Morgan fingerprint density at radius 1 is 1.15 bits per heavy atom. The molecule has 0 bridgehead atoms. The third-order valence-corrected chi connectivity index (χ3v) is 5.05. The van der Waals surface area contributed by atoms with Gasteiger partial charge < -0.3 is 18.9 Å². The summed E-state index contributed by atoms with van der Waals surface area (Å²) < 4.78 is 29.6. The maximum absolute atomic E-state index is 13.2. The average Bonchev–Trinajstić information content (AvgIpc) is 3.32. The molecular formula is C19H21FN2O4. The van der Waals surface area contributed by atoms with Crippen LogP contribution in [0.25, 0.3) is 11.3 Å². The first-order chi connectivity index (χ1) is 12.6.